The fourth-order valence-electron chi connectivity index (χ4n) is 1.44. The summed E-state index contributed by atoms with van der Waals surface area (Å²) < 4.78 is 0. The third-order valence-electron chi connectivity index (χ3n) is 2.37. The van der Waals surface area contributed by atoms with Crippen LogP contribution in [0, 0.1) is 0 Å². The molecule has 0 bridgehead atoms. The van der Waals surface area contributed by atoms with Gasteiger partial charge in [-0.3, -0.25) is 9.89 Å². The molecule has 0 radical (unpaired) electrons. The molecule has 5 nitrogen and oxygen atoms in total. The van der Waals surface area contributed by atoms with Crippen LogP contribution in [0.1, 0.15) is 16.1 Å². The monoisotopic (exact) mass is 230 g/mol. The van der Waals surface area contributed by atoms with Gasteiger partial charge in [-0.15, -0.1) is 0 Å². The number of anilines is 1. The molecule has 0 atom stereocenters. The summed E-state index contributed by atoms with van der Waals surface area (Å²) in [7, 11) is 1.75. The van der Waals surface area contributed by atoms with Crippen LogP contribution >= 0.6 is 0 Å². The van der Waals surface area contributed by atoms with E-state index < -0.39 is 0 Å². The Balaban J connectivity index is 1.93. The third-order valence-corrected chi connectivity index (χ3v) is 2.37. The van der Waals surface area contributed by atoms with Gasteiger partial charge in [-0.2, -0.15) is 5.10 Å². The zero-order valence-electron chi connectivity index (χ0n) is 9.53. The summed E-state index contributed by atoms with van der Waals surface area (Å²) in [6, 6.07) is 11.4. The van der Waals surface area contributed by atoms with E-state index in [0.717, 1.165) is 5.56 Å². The second-order valence-electron chi connectivity index (χ2n) is 3.59. The molecule has 1 aromatic heterocycles. The highest BCUT2D eigenvalue weighted by Gasteiger charge is 2.08. The van der Waals surface area contributed by atoms with Crippen molar-refractivity contribution in [1.29, 1.82) is 0 Å². The predicted octanol–water partition coefficient (Wildman–Crippen LogP) is 1.38. The highest BCUT2D eigenvalue weighted by molar-refractivity contribution is 5.92. The maximum atomic E-state index is 11.7. The van der Waals surface area contributed by atoms with Crippen molar-refractivity contribution in [3.63, 3.8) is 0 Å². The molecule has 2 rings (SSSR count). The Morgan fingerprint density at radius 3 is 2.76 bits per heavy atom. The van der Waals surface area contributed by atoms with E-state index in [-0.39, 0.29) is 5.91 Å². The van der Waals surface area contributed by atoms with E-state index in [1.165, 1.54) is 0 Å². The lowest BCUT2D eigenvalue weighted by molar-refractivity contribution is 0.0946. The topological polar surface area (TPSA) is 69.8 Å². The quantitative estimate of drug-likeness (QED) is 0.743. The average molecular weight is 230 g/mol. The molecule has 1 amide bonds. The van der Waals surface area contributed by atoms with Crippen molar-refractivity contribution in [3.8, 4) is 0 Å². The minimum Gasteiger partial charge on any atom is -0.372 e. The molecule has 0 saturated carbocycles. The molecule has 0 aliphatic heterocycles. The minimum atomic E-state index is -0.164. The largest absolute Gasteiger partial charge is 0.372 e. The summed E-state index contributed by atoms with van der Waals surface area (Å²) in [6.45, 7) is 0.508. The van der Waals surface area contributed by atoms with Crippen molar-refractivity contribution in [2.75, 3.05) is 12.4 Å². The van der Waals surface area contributed by atoms with Crippen LogP contribution in [-0.4, -0.2) is 23.2 Å². The summed E-state index contributed by atoms with van der Waals surface area (Å²) in [5, 5.41) is 12.3. The SMILES string of the molecule is CNc1cc(C(=O)NCc2ccccc2)[nH]n1. The van der Waals surface area contributed by atoms with Crippen LogP contribution in [0.4, 0.5) is 5.82 Å². The van der Waals surface area contributed by atoms with Gasteiger partial charge in [-0.05, 0) is 5.56 Å². The second-order valence-corrected chi connectivity index (χ2v) is 3.59. The molecule has 0 saturated heterocycles. The highest BCUT2D eigenvalue weighted by atomic mass is 16.1. The lowest BCUT2D eigenvalue weighted by atomic mass is 10.2. The Bertz CT molecular complexity index is 492. The van der Waals surface area contributed by atoms with Gasteiger partial charge in [0.2, 0.25) is 0 Å². The Kier molecular flexibility index (Phi) is 3.40. The van der Waals surface area contributed by atoms with Crippen LogP contribution in [0.5, 0.6) is 0 Å². The first-order valence-electron chi connectivity index (χ1n) is 5.35. The smallest absolute Gasteiger partial charge is 0.269 e. The summed E-state index contributed by atoms with van der Waals surface area (Å²) in [4.78, 5) is 11.7. The molecule has 1 aromatic carbocycles. The maximum absolute atomic E-state index is 11.7. The first-order valence-corrected chi connectivity index (χ1v) is 5.35. The van der Waals surface area contributed by atoms with Gasteiger partial charge in [-0.1, -0.05) is 30.3 Å². The summed E-state index contributed by atoms with van der Waals surface area (Å²) in [5.74, 6) is 0.484. The Morgan fingerprint density at radius 1 is 1.35 bits per heavy atom. The van der Waals surface area contributed by atoms with Gasteiger partial charge in [0.25, 0.3) is 5.91 Å². The highest BCUT2D eigenvalue weighted by Crippen LogP contribution is 2.04. The van der Waals surface area contributed by atoms with Crippen molar-refractivity contribution in [2.24, 2.45) is 0 Å². The van der Waals surface area contributed by atoms with E-state index in [2.05, 4.69) is 20.8 Å². The fraction of sp³-hybridized carbons (Fsp3) is 0.167. The molecule has 88 valence electrons. The number of nitrogens with zero attached hydrogens (tertiary/aromatic N) is 1. The van der Waals surface area contributed by atoms with Crippen LogP contribution in [-0.2, 0) is 6.54 Å². The van der Waals surface area contributed by atoms with E-state index >= 15 is 0 Å². The zero-order chi connectivity index (χ0) is 12.1. The lowest BCUT2D eigenvalue weighted by Crippen LogP contribution is -2.23. The Labute approximate surface area is 99.2 Å². The van der Waals surface area contributed by atoms with E-state index in [9.17, 15) is 4.79 Å². The van der Waals surface area contributed by atoms with Crippen LogP contribution in [0.3, 0.4) is 0 Å². The summed E-state index contributed by atoms with van der Waals surface area (Å²) in [6.07, 6.45) is 0. The molecule has 3 N–H and O–H groups in total. The van der Waals surface area contributed by atoms with Crippen molar-refractivity contribution >= 4 is 11.7 Å². The van der Waals surface area contributed by atoms with Crippen molar-refractivity contribution in [1.82, 2.24) is 15.5 Å². The standard InChI is InChI=1S/C12H14N4O/c1-13-11-7-10(15-16-11)12(17)14-8-9-5-3-2-4-6-9/h2-7H,8H2,1H3,(H,14,17)(H2,13,15,16). The Hall–Kier alpha value is -2.30. The lowest BCUT2D eigenvalue weighted by Gasteiger charge is -2.02. The molecule has 0 unspecified atom stereocenters. The number of rotatable bonds is 4. The number of aromatic nitrogens is 2. The van der Waals surface area contributed by atoms with Gasteiger partial charge >= 0.3 is 0 Å². The van der Waals surface area contributed by atoms with E-state index in [1.807, 2.05) is 30.3 Å². The molecular formula is C12H14N4O. The summed E-state index contributed by atoms with van der Waals surface area (Å²) in [5.41, 5.74) is 1.51. The first-order chi connectivity index (χ1) is 8.29. The van der Waals surface area contributed by atoms with Gasteiger partial charge < -0.3 is 10.6 Å². The van der Waals surface area contributed by atoms with E-state index in [4.69, 9.17) is 0 Å². The van der Waals surface area contributed by atoms with Crippen LogP contribution in [0.25, 0.3) is 0 Å². The third kappa shape index (κ3) is 2.84. The van der Waals surface area contributed by atoms with Crippen molar-refractivity contribution in [3.05, 3.63) is 47.7 Å². The van der Waals surface area contributed by atoms with Crippen LogP contribution in [0.2, 0.25) is 0 Å². The number of carbonyl (C=O) groups excluding carboxylic acids is 1. The first kappa shape index (κ1) is 11.2. The van der Waals surface area contributed by atoms with Gasteiger partial charge in [0, 0.05) is 19.7 Å². The maximum Gasteiger partial charge on any atom is 0.269 e. The number of nitrogens with one attached hydrogen (secondary N) is 3. The second kappa shape index (κ2) is 5.16. The van der Waals surface area contributed by atoms with Gasteiger partial charge in [0.15, 0.2) is 0 Å². The Morgan fingerprint density at radius 2 is 2.12 bits per heavy atom. The van der Waals surface area contributed by atoms with E-state index in [0.29, 0.717) is 18.1 Å². The minimum absolute atomic E-state index is 0.164. The number of hydrogen-bond acceptors (Lipinski definition) is 3. The molecule has 5 heteroatoms. The molecule has 1 heterocycles. The molecule has 0 fully saturated rings. The predicted molar refractivity (Wildman–Crippen MR) is 65.7 cm³/mol. The number of carbonyl (C=O) groups is 1. The number of amides is 1. The molecular weight excluding hydrogens is 216 g/mol. The van der Waals surface area contributed by atoms with Crippen molar-refractivity contribution in [2.45, 2.75) is 6.54 Å². The van der Waals surface area contributed by atoms with Gasteiger partial charge in [0.1, 0.15) is 11.5 Å². The average Bonchev–Trinajstić information content (AvgIpc) is 2.86. The van der Waals surface area contributed by atoms with Gasteiger partial charge in [0.05, 0.1) is 0 Å². The normalized spacial score (nSPS) is 9.94. The van der Waals surface area contributed by atoms with Crippen LogP contribution < -0.4 is 10.6 Å². The van der Waals surface area contributed by atoms with Crippen molar-refractivity contribution < 1.29 is 4.79 Å². The molecule has 17 heavy (non-hydrogen) atoms. The number of benzene rings is 1. The molecule has 0 aliphatic carbocycles. The summed E-state index contributed by atoms with van der Waals surface area (Å²) >= 11 is 0. The molecule has 2 aromatic rings. The van der Waals surface area contributed by atoms with Crippen LogP contribution in [0.15, 0.2) is 36.4 Å². The fourth-order valence-corrected chi connectivity index (χ4v) is 1.44. The molecule has 0 aliphatic rings. The number of hydrogen-bond donors (Lipinski definition) is 3. The number of H-pyrrole nitrogens is 1. The zero-order valence-corrected chi connectivity index (χ0v) is 9.53. The number of aromatic amines is 1. The molecule has 0 spiro atoms. The van der Waals surface area contributed by atoms with Gasteiger partial charge in [-0.25, -0.2) is 0 Å². The van der Waals surface area contributed by atoms with E-state index in [1.54, 1.807) is 13.1 Å².